The van der Waals surface area contributed by atoms with E-state index in [0.717, 1.165) is 30.5 Å². The van der Waals surface area contributed by atoms with Crippen LogP contribution in [0.1, 0.15) is 16.8 Å². The summed E-state index contributed by atoms with van der Waals surface area (Å²) >= 11 is 5.54. The summed E-state index contributed by atoms with van der Waals surface area (Å²) in [7, 11) is 0. The molecule has 0 aliphatic rings. The van der Waals surface area contributed by atoms with E-state index in [9.17, 15) is 23.2 Å². The van der Waals surface area contributed by atoms with Crippen LogP contribution >= 0.6 is 11.6 Å². The fourth-order valence-corrected chi connectivity index (χ4v) is 2.37. The van der Waals surface area contributed by atoms with Crippen LogP contribution in [0.3, 0.4) is 0 Å². The Morgan fingerprint density at radius 3 is 2.65 bits per heavy atom. The lowest BCUT2D eigenvalue weighted by atomic mass is 10.0. The number of carboxylic acid groups (broad SMARTS) is 1. The Bertz CT molecular complexity index is 900. The number of nitrogens with zero attached hydrogens (tertiary/aromatic N) is 2. The van der Waals surface area contributed by atoms with E-state index in [4.69, 9.17) is 22.0 Å². The van der Waals surface area contributed by atoms with E-state index in [1.807, 2.05) is 0 Å². The van der Waals surface area contributed by atoms with Gasteiger partial charge < -0.3 is 15.6 Å². The molecule has 0 saturated carbocycles. The van der Waals surface area contributed by atoms with E-state index in [2.05, 4.69) is 5.32 Å². The molecule has 0 aliphatic heterocycles. The predicted molar refractivity (Wildman–Crippen MR) is 85.3 cm³/mol. The molecule has 0 radical (unpaired) electrons. The minimum Gasteiger partial charge on any atom is -0.618 e. The number of aliphatic carboxylic acids is 1. The molecule has 1 aromatic heterocycles. The van der Waals surface area contributed by atoms with Crippen LogP contribution < -0.4 is 10.0 Å². The summed E-state index contributed by atoms with van der Waals surface area (Å²) in [5.41, 5.74) is -1.93. The average molecular weight is 386 g/mol. The monoisotopic (exact) mass is 385 g/mol. The van der Waals surface area contributed by atoms with Gasteiger partial charge >= 0.3 is 11.9 Å². The third-order valence-corrected chi connectivity index (χ3v) is 3.67. The van der Waals surface area contributed by atoms with Gasteiger partial charge in [0.2, 0.25) is 0 Å². The Balaban J connectivity index is 2.28. The highest BCUT2D eigenvalue weighted by molar-refractivity contribution is 6.30. The summed E-state index contributed by atoms with van der Waals surface area (Å²) in [4.78, 5) is 10.8. The van der Waals surface area contributed by atoms with Gasteiger partial charge in [-0.15, -0.1) is 0 Å². The number of rotatable bonds is 6. The molecule has 0 amide bonds. The van der Waals surface area contributed by atoms with E-state index in [0.29, 0.717) is 0 Å². The van der Waals surface area contributed by atoms with E-state index < -0.39 is 47.6 Å². The van der Waals surface area contributed by atoms with Gasteiger partial charge in [0.05, 0.1) is 30.3 Å². The number of halogens is 4. The summed E-state index contributed by atoms with van der Waals surface area (Å²) < 4.78 is 42.7. The number of nitriles is 1. The number of carbonyl (C=O) groups is 1. The highest BCUT2D eigenvalue weighted by Crippen LogP contribution is 2.28. The minimum atomic E-state index is -3.67. The van der Waals surface area contributed by atoms with Crippen LogP contribution in [0.4, 0.5) is 18.9 Å². The molecule has 2 rings (SSSR count). The van der Waals surface area contributed by atoms with Crippen molar-refractivity contribution in [2.75, 3.05) is 11.9 Å². The van der Waals surface area contributed by atoms with E-state index in [-0.39, 0.29) is 15.3 Å². The Kier molecular flexibility index (Phi) is 5.57. The van der Waals surface area contributed by atoms with Crippen molar-refractivity contribution in [3.05, 3.63) is 63.3 Å². The third kappa shape index (κ3) is 4.15. The molecule has 10 heteroatoms. The standard InChI is InChI=1S/C16H11ClF3N3O3/c17-10-2-4-13(23(26)7-10)16(19,20)8-22-12-3-1-9(6-21)11(15(12)18)5-14(24)25/h1-4,7,22H,5,8H2,(H,24,25). The summed E-state index contributed by atoms with van der Waals surface area (Å²) in [5, 5.41) is 31.4. The van der Waals surface area contributed by atoms with Crippen LogP contribution in [0.5, 0.6) is 0 Å². The van der Waals surface area contributed by atoms with E-state index in [1.165, 1.54) is 0 Å². The Morgan fingerprint density at radius 2 is 2.08 bits per heavy atom. The molecule has 1 aromatic carbocycles. The molecule has 0 bridgehead atoms. The fourth-order valence-electron chi connectivity index (χ4n) is 2.22. The number of benzene rings is 1. The molecule has 0 saturated heterocycles. The molecule has 26 heavy (non-hydrogen) atoms. The third-order valence-electron chi connectivity index (χ3n) is 3.45. The summed E-state index contributed by atoms with van der Waals surface area (Å²) in [5.74, 6) is -6.16. The van der Waals surface area contributed by atoms with Crippen LogP contribution in [-0.4, -0.2) is 17.6 Å². The van der Waals surface area contributed by atoms with Crippen LogP contribution in [-0.2, 0) is 17.1 Å². The average Bonchev–Trinajstić information content (AvgIpc) is 2.55. The maximum atomic E-state index is 14.4. The van der Waals surface area contributed by atoms with Crippen molar-refractivity contribution >= 4 is 23.3 Å². The van der Waals surface area contributed by atoms with Gasteiger partial charge in [-0.2, -0.15) is 18.8 Å². The van der Waals surface area contributed by atoms with Crippen LogP contribution in [0.2, 0.25) is 5.02 Å². The maximum absolute atomic E-state index is 14.4. The van der Waals surface area contributed by atoms with Crippen molar-refractivity contribution in [3.63, 3.8) is 0 Å². The number of nitrogens with one attached hydrogen (secondary N) is 1. The molecule has 0 spiro atoms. The number of alkyl halides is 2. The first-order valence-corrected chi connectivity index (χ1v) is 7.47. The first kappa shape index (κ1) is 19.3. The predicted octanol–water partition coefficient (Wildman–Crippen LogP) is 2.82. The molecule has 1 heterocycles. The topological polar surface area (TPSA) is 100 Å². The summed E-state index contributed by atoms with van der Waals surface area (Å²) in [6.45, 7) is -1.13. The van der Waals surface area contributed by atoms with E-state index in [1.54, 1.807) is 6.07 Å². The Labute approximate surface area is 150 Å². The molecule has 2 aromatic rings. The molecule has 0 unspecified atom stereocenters. The number of carboxylic acids is 1. The van der Waals surface area contributed by atoms with Gasteiger partial charge in [-0.05, 0) is 18.2 Å². The maximum Gasteiger partial charge on any atom is 0.347 e. The van der Waals surface area contributed by atoms with Crippen LogP contribution in [0, 0.1) is 22.4 Å². The van der Waals surface area contributed by atoms with Crippen molar-refractivity contribution in [3.8, 4) is 6.07 Å². The number of pyridine rings is 1. The van der Waals surface area contributed by atoms with Gasteiger partial charge in [0.25, 0.3) is 5.69 Å². The molecule has 2 N–H and O–H groups in total. The Morgan fingerprint density at radius 1 is 1.38 bits per heavy atom. The van der Waals surface area contributed by atoms with Crippen molar-refractivity contribution in [1.82, 2.24) is 0 Å². The zero-order valence-electron chi connectivity index (χ0n) is 13.0. The van der Waals surface area contributed by atoms with Gasteiger partial charge in [-0.1, -0.05) is 11.6 Å². The van der Waals surface area contributed by atoms with Gasteiger partial charge in [-0.3, -0.25) is 4.79 Å². The molecule has 0 atom stereocenters. The van der Waals surface area contributed by atoms with E-state index >= 15 is 0 Å². The second-order valence-corrected chi connectivity index (χ2v) is 5.69. The van der Waals surface area contributed by atoms with Gasteiger partial charge in [0.1, 0.15) is 5.02 Å². The van der Waals surface area contributed by atoms with Crippen molar-refractivity contribution in [2.24, 2.45) is 0 Å². The first-order chi connectivity index (χ1) is 12.2. The highest BCUT2D eigenvalue weighted by atomic mass is 35.5. The molecule has 6 nitrogen and oxygen atoms in total. The smallest absolute Gasteiger partial charge is 0.347 e. The van der Waals surface area contributed by atoms with Crippen molar-refractivity contribution in [1.29, 1.82) is 5.26 Å². The largest absolute Gasteiger partial charge is 0.618 e. The number of anilines is 1. The minimum absolute atomic E-state index is 0.0241. The lowest BCUT2D eigenvalue weighted by molar-refractivity contribution is -0.624. The lowest BCUT2D eigenvalue weighted by Crippen LogP contribution is -2.41. The van der Waals surface area contributed by atoms with Crippen LogP contribution in [0.15, 0.2) is 30.5 Å². The molecule has 0 aliphatic carbocycles. The second-order valence-electron chi connectivity index (χ2n) is 5.25. The van der Waals surface area contributed by atoms with Crippen LogP contribution in [0.25, 0.3) is 0 Å². The number of hydrogen-bond donors (Lipinski definition) is 2. The zero-order chi connectivity index (χ0) is 19.5. The quantitative estimate of drug-likeness (QED) is 0.588. The molecule has 136 valence electrons. The molecular formula is C16H11ClF3N3O3. The van der Waals surface area contributed by atoms with Crippen molar-refractivity contribution < 1.29 is 27.8 Å². The first-order valence-electron chi connectivity index (χ1n) is 7.10. The molecule has 0 fully saturated rings. The summed E-state index contributed by atoms with van der Waals surface area (Å²) in [6, 6.07) is 5.78. The van der Waals surface area contributed by atoms with Crippen molar-refractivity contribution in [2.45, 2.75) is 12.3 Å². The lowest BCUT2D eigenvalue weighted by Gasteiger charge is -2.18. The number of aromatic nitrogens is 1. The SMILES string of the molecule is N#Cc1ccc(NCC(F)(F)c2ccc(Cl)c[n+]2[O-])c(F)c1CC(=O)O. The highest BCUT2D eigenvalue weighted by Gasteiger charge is 2.39. The molecular weight excluding hydrogens is 375 g/mol. The normalized spacial score (nSPS) is 11.0. The van der Waals surface area contributed by atoms with Gasteiger partial charge in [-0.25, -0.2) is 4.39 Å². The van der Waals surface area contributed by atoms with Gasteiger partial charge in [0.15, 0.2) is 12.0 Å². The number of hydrogen-bond acceptors (Lipinski definition) is 4. The second kappa shape index (κ2) is 7.49. The Hall–Kier alpha value is -2.99. The fraction of sp³-hybridized carbons (Fsp3) is 0.188. The summed E-state index contributed by atoms with van der Waals surface area (Å²) in [6.07, 6.45) is -0.0174. The zero-order valence-corrected chi connectivity index (χ0v) is 13.7. The van der Waals surface area contributed by atoms with Gasteiger partial charge in [0, 0.05) is 11.6 Å².